The zero-order chi connectivity index (χ0) is 11.8. The molecule has 5 nitrogen and oxygen atoms in total. The summed E-state index contributed by atoms with van der Waals surface area (Å²) < 4.78 is 0. The number of hydrogen-bond acceptors (Lipinski definition) is 5. The maximum Gasteiger partial charge on any atom is 0.245 e. The summed E-state index contributed by atoms with van der Waals surface area (Å²) in [5, 5.41) is 11.9. The summed E-state index contributed by atoms with van der Waals surface area (Å²) in [6.45, 7) is 5.05. The van der Waals surface area contributed by atoms with Crippen LogP contribution in [0.15, 0.2) is 0 Å². The van der Waals surface area contributed by atoms with E-state index in [1.165, 1.54) is 12.8 Å². The zero-order valence-electron chi connectivity index (χ0n) is 9.86. The van der Waals surface area contributed by atoms with Gasteiger partial charge in [-0.3, -0.25) is 0 Å². The van der Waals surface area contributed by atoms with E-state index in [0.717, 1.165) is 37.2 Å². The Kier molecular flexibility index (Phi) is 2.88. The van der Waals surface area contributed by atoms with Crippen molar-refractivity contribution in [2.24, 2.45) is 5.92 Å². The van der Waals surface area contributed by atoms with Gasteiger partial charge in [-0.2, -0.15) is 0 Å². The molecule has 2 atom stereocenters. The molecule has 3 rings (SSSR count). The maximum atomic E-state index is 5.86. The Hall–Kier alpha value is -0.940. The molecular weight excluding hydrogens is 238 g/mol. The van der Waals surface area contributed by atoms with Crippen LogP contribution in [-0.4, -0.2) is 40.9 Å². The molecule has 2 fully saturated rings. The second kappa shape index (κ2) is 4.38. The van der Waals surface area contributed by atoms with E-state index < -0.39 is 0 Å². The van der Waals surface area contributed by atoms with Gasteiger partial charge in [-0.1, -0.05) is 11.6 Å². The Labute approximate surface area is 106 Å². The molecule has 6 heteroatoms. The van der Waals surface area contributed by atoms with E-state index in [-0.39, 0.29) is 0 Å². The van der Waals surface area contributed by atoms with Crippen LogP contribution in [0.5, 0.6) is 0 Å². The fraction of sp³-hybridized carbons (Fsp3) is 0.727. The summed E-state index contributed by atoms with van der Waals surface area (Å²) in [6, 6.07) is 0.520. The van der Waals surface area contributed by atoms with E-state index in [1.807, 2.05) is 6.92 Å². The van der Waals surface area contributed by atoms with Crippen molar-refractivity contribution < 1.29 is 0 Å². The summed E-state index contributed by atoms with van der Waals surface area (Å²) in [5.41, 5.74) is 0.754. The molecule has 3 heterocycles. The number of halogens is 1. The van der Waals surface area contributed by atoms with E-state index in [1.54, 1.807) is 0 Å². The number of nitrogens with one attached hydrogen (secondary N) is 1. The number of rotatable bonds is 1. The third kappa shape index (κ3) is 1.98. The highest BCUT2D eigenvalue weighted by Crippen LogP contribution is 2.31. The van der Waals surface area contributed by atoms with Gasteiger partial charge in [-0.25, -0.2) is 4.98 Å². The van der Waals surface area contributed by atoms with Crippen LogP contribution in [0.25, 0.3) is 0 Å². The molecule has 1 aromatic rings. The van der Waals surface area contributed by atoms with Crippen LogP contribution in [0.1, 0.15) is 18.5 Å². The van der Waals surface area contributed by atoms with Crippen molar-refractivity contribution in [3.63, 3.8) is 0 Å². The first-order chi connectivity index (χ1) is 8.25. The Bertz CT molecular complexity index is 424. The number of anilines is 1. The van der Waals surface area contributed by atoms with Gasteiger partial charge in [-0.05, 0) is 32.2 Å². The standard InChI is InChI=1S/C11H16ClN5/c1-7-10(12)15-16-11(14-7)17-5-3-8-2-4-13-6-9(8)17/h8-9,13H,2-6H2,1H3/t8-,9-/m1/s1. The van der Waals surface area contributed by atoms with E-state index in [4.69, 9.17) is 11.6 Å². The summed E-state index contributed by atoms with van der Waals surface area (Å²) in [6.07, 6.45) is 2.48. The first-order valence-electron chi connectivity index (χ1n) is 6.10. The number of aromatic nitrogens is 3. The normalized spacial score (nSPS) is 28.2. The lowest BCUT2D eigenvalue weighted by atomic mass is 9.93. The van der Waals surface area contributed by atoms with Crippen molar-refractivity contribution in [2.45, 2.75) is 25.8 Å². The topological polar surface area (TPSA) is 53.9 Å². The molecule has 0 bridgehead atoms. The molecule has 1 N–H and O–H groups in total. The Morgan fingerprint density at radius 2 is 2.24 bits per heavy atom. The van der Waals surface area contributed by atoms with Crippen LogP contribution in [0.2, 0.25) is 5.15 Å². The molecule has 0 aliphatic carbocycles. The first kappa shape index (κ1) is 11.2. The van der Waals surface area contributed by atoms with E-state index in [0.29, 0.717) is 11.2 Å². The molecule has 0 aromatic carbocycles. The van der Waals surface area contributed by atoms with Crippen LogP contribution in [0, 0.1) is 12.8 Å². The fourth-order valence-corrected chi connectivity index (χ4v) is 2.90. The number of piperidine rings is 1. The lowest BCUT2D eigenvalue weighted by Crippen LogP contribution is -2.46. The molecule has 92 valence electrons. The SMILES string of the molecule is Cc1nc(N2CC[C@H]3CCNC[C@H]32)nnc1Cl. The molecular formula is C11H16ClN5. The molecule has 17 heavy (non-hydrogen) atoms. The minimum absolute atomic E-state index is 0.395. The third-order valence-corrected chi connectivity index (χ3v) is 4.13. The Morgan fingerprint density at radius 3 is 3.06 bits per heavy atom. The number of fused-ring (bicyclic) bond motifs is 1. The lowest BCUT2D eigenvalue weighted by molar-refractivity contribution is 0.357. The Morgan fingerprint density at radius 1 is 1.35 bits per heavy atom. The fourth-order valence-electron chi connectivity index (χ4n) is 2.82. The molecule has 0 radical (unpaired) electrons. The highest BCUT2D eigenvalue weighted by Gasteiger charge is 2.37. The van der Waals surface area contributed by atoms with Crippen molar-refractivity contribution in [1.82, 2.24) is 20.5 Å². The minimum atomic E-state index is 0.395. The van der Waals surface area contributed by atoms with Crippen LogP contribution in [-0.2, 0) is 0 Å². The van der Waals surface area contributed by atoms with Crippen molar-refractivity contribution in [3.8, 4) is 0 Å². The van der Waals surface area contributed by atoms with Gasteiger partial charge >= 0.3 is 0 Å². The van der Waals surface area contributed by atoms with E-state index in [9.17, 15) is 0 Å². The average molecular weight is 254 g/mol. The van der Waals surface area contributed by atoms with E-state index in [2.05, 4.69) is 25.4 Å². The smallest absolute Gasteiger partial charge is 0.245 e. The van der Waals surface area contributed by atoms with Gasteiger partial charge in [0.05, 0.1) is 5.69 Å². The summed E-state index contributed by atoms with van der Waals surface area (Å²) >= 11 is 5.86. The van der Waals surface area contributed by atoms with Crippen molar-refractivity contribution in [2.75, 3.05) is 24.5 Å². The molecule has 0 amide bonds. The summed E-state index contributed by atoms with van der Waals surface area (Å²) in [5.74, 6) is 1.50. The lowest BCUT2D eigenvalue weighted by Gasteiger charge is -2.31. The third-order valence-electron chi connectivity index (χ3n) is 3.78. The molecule has 0 unspecified atom stereocenters. The highest BCUT2D eigenvalue weighted by molar-refractivity contribution is 6.29. The summed E-state index contributed by atoms with van der Waals surface area (Å²) in [7, 11) is 0. The van der Waals surface area contributed by atoms with Crippen LogP contribution in [0.4, 0.5) is 5.95 Å². The van der Waals surface area contributed by atoms with Crippen LogP contribution < -0.4 is 10.2 Å². The monoisotopic (exact) mass is 253 g/mol. The molecule has 2 saturated heterocycles. The summed E-state index contributed by atoms with van der Waals surface area (Å²) in [4.78, 5) is 6.71. The number of nitrogens with zero attached hydrogens (tertiary/aromatic N) is 4. The molecule has 0 saturated carbocycles. The van der Waals surface area contributed by atoms with Crippen molar-refractivity contribution >= 4 is 17.5 Å². The molecule has 2 aliphatic heterocycles. The predicted octanol–water partition coefficient (Wildman–Crippen LogP) is 1.02. The van der Waals surface area contributed by atoms with Gasteiger partial charge in [0.1, 0.15) is 0 Å². The van der Waals surface area contributed by atoms with Gasteiger partial charge in [-0.15, -0.1) is 10.2 Å². The average Bonchev–Trinajstić information content (AvgIpc) is 2.76. The van der Waals surface area contributed by atoms with Crippen molar-refractivity contribution in [1.29, 1.82) is 0 Å². The number of aryl methyl sites for hydroxylation is 1. The van der Waals surface area contributed by atoms with Gasteiger partial charge in [0.25, 0.3) is 0 Å². The van der Waals surface area contributed by atoms with Gasteiger partial charge in [0.15, 0.2) is 5.15 Å². The maximum absolute atomic E-state index is 5.86. The molecule has 2 aliphatic rings. The van der Waals surface area contributed by atoms with Crippen LogP contribution >= 0.6 is 11.6 Å². The second-order valence-electron chi connectivity index (χ2n) is 4.79. The second-order valence-corrected chi connectivity index (χ2v) is 5.15. The first-order valence-corrected chi connectivity index (χ1v) is 6.47. The predicted molar refractivity (Wildman–Crippen MR) is 66.3 cm³/mol. The van der Waals surface area contributed by atoms with Gasteiger partial charge < -0.3 is 10.2 Å². The zero-order valence-corrected chi connectivity index (χ0v) is 10.6. The van der Waals surface area contributed by atoms with Gasteiger partial charge in [0.2, 0.25) is 5.95 Å². The Balaban J connectivity index is 1.86. The van der Waals surface area contributed by atoms with Crippen LogP contribution in [0.3, 0.4) is 0 Å². The van der Waals surface area contributed by atoms with Crippen molar-refractivity contribution in [3.05, 3.63) is 10.8 Å². The van der Waals surface area contributed by atoms with Gasteiger partial charge in [0, 0.05) is 19.1 Å². The molecule has 0 spiro atoms. The van der Waals surface area contributed by atoms with E-state index >= 15 is 0 Å². The quantitative estimate of drug-likeness (QED) is 0.810. The largest absolute Gasteiger partial charge is 0.335 e. The highest BCUT2D eigenvalue weighted by atomic mass is 35.5. The minimum Gasteiger partial charge on any atom is -0.335 e. The molecule has 1 aromatic heterocycles. The number of hydrogen-bond donors (Lipinski definition) is 1.